The minimum Gasteiger partial charge on any atom is -0.322 e. The third-order valence-electron chi connectivity index (χ3n) is 5.45. The Labute approximate surface area is 183 Å². The molecule has 0 aliphatic carbocycles. The Hall–Kier alpha value is -2.66. The molecule has 1 saturated heterocycles. The first-order valence-electron chi connectivity index (χ1n) is 10.3. The quantitative estimate of drug-likeness (QED) is 0.616. The zero-order chi connectivity index (χ0) is 20.8. The lowest BCUT2D eigenvalue weighted by molar-refractivity contribution is 0.102. The molecule has 4 nitrogen and oxygen atoms in total. The number of piperazine rings is 1. The number of benzene rings is 3. The van der Waals surface area contributed by atoms with Crippen molar-refractivity contribution in [2.75, 3.05) is 31.5 Å². The third kappa shape index (κ3) is 5.48. The van der Waals surface area contributed by atoms with Crippen molar-refractivity contribution < 1.29 is 4.79 Å². The summed E-state index contributed by atoms with van der Waals surface area (Å²) >= 11 is 6.10. The Balaban J connectivity index is 1.26. The van der Waals surface area contributed by atoms with Gasteiger partial charge in [0.05, 0.1) is 10.6 Å². The predicted molar refractivity (Wildman–Crippen MR) is 123 cm³/mol. The van der Waals surface area contributed by atoms with E-state index in [2.05, 4.69) is 57.6 Å². The van der Waals surface area contributed by atoms with E-state index in [4.69, 9.17) is 11.6 Å². The Kier molecular flexibility index (Phi) is 6.80. The van der Waals surface area contributed by atoms with Crippen molar-refractivity contribution in [2.45, 2.75) is 13.1 Å². The van der Waals surface area contributed by atoms with E-state index in [1.807, 2.05) is 24.3 Å². The number of anilines is 1. The molecule has 0 unspecified atom stereocenters. The van der Waals surface area contributed by atoms with E-state index in [1.54, 1.807) is 12.1 Å². The van der Waals surface area contributed by atoms with Crippen LogP contribution in [0.2, 0.25) is 5.02 Å². The zero-order valence-corrected chi connectivity index (χ0v) is 17.7. The summed E-state index contributed by atoms with van der Waals surface area (Å²) in [6.45, 7) is 6.25. The largest absolute Gasteiger partial charge is 0.322 e. The van der Waals surface area contributed by atoms with Crippen molar-refractivity contribution >= 4 is 23.2 Å². The summed E-state index contributed by atoms with van der Waals surface area (Å²) in [5.41, 5.74) is 3.88. The predicted octanol–water partition coefficient (Wildman–Crippen LogP) is 4.91. The smallest absolute Gasteiger partial charge is 0.257 e. The van der Waals surface area contributed by atoms with Crippen molar-refractivity contribution in [3.05, 3.63) is 101 Å². The molecule has 5 heteroatoms. The topological polar surface area (TPSA) is 35.6 Å². The van der Waals surface area contributed by atoms with Crippen LogP contribution >= 0.6 is 11.6 Å². The summed E-state index contributed by atoms with van der Waals surface area (Å²) in [7, 11) is 0. The van der Waals surface area contributed by atoms with E-state index in [1.165, 1.54) is 11.1 Å². The minimum absolute atomic E-state index is 0.192. The molecule has 0 bridgehead atoms. The lowest BCUT2D eigenvalue weighted by atomic mass is 10.1. The number of carbonyl (C=O) groups excluding carboxylic acids is 1. The molecular formula is C25H26ClN3O. The lowest BCUT2D eigenvalue weighted by Gasteiger charge is -2.34. The van der Waals surface area contributed by atoms with Crippen LogP contribution in [0, 0.1) is 0 Å². The summed E-state index contributed by atoms with van der Waals surface area (Å²) in [5.74, 6) is -0.192. The van der Waals surface area contributed by atoms with Crippen LogP contribution in [0.3, 0.4) is 0 Å². The van der Waals surface area contributed by atoms with Crippen LogP contribution in [-0.4, -0.2) is 41.9 Å². The molecule has 1 N–H and O–H groups in total. The van der Waals surface area contributed by atoms with Crippen molar-refractivity contribution in [2.24, 2.45) is 0 Å². The lowest BCUT2D eigenvalue weighted by Crippen LogP contribution is -2.45. The van der Waals surface area contributed by atoms with E-state index < -0.39 is 0 Å². The van der Waals surface area contributed by atoms with Gasteiger partial charge < -0.3 is 5.32 Å². The number of nitrogens with zero attached hydrogens (tertiary/aromatic N) is 2. The molecule has 0 aromatic heterocycles. The Morgan fingerprint density at radius 3 is 1.87 bits per heavy atom. The Morgan fingerprint density at radius 1 is 0.733 bits per heavy atom. The van der Waals surface area contributed by atoms with E-state index in [0.29, 0.717) is 10.6 Å². The fraction of sp³-hybridized carbons (Fsp3) is 0.240. The minimum atomic E-state index is -0.192. The molecule has 30 heavy (non-hydrogen) atoms. The highest BCUT2D eigenvalue weighted by molar-refractivity contribution is 6.34. The molecule has 1 heterocycles. The summed E-state index contributed by atoms with van der Waals surface area (Å²) in [6.07, 6.45) is 0. The number of halogens is 1. The number of nitrogens with one attached hydrogen (secondary N) is 1. The maximum atomic E-state index is 12.4. The molecule has 1 aliphatic heterocycles. The molecule has 4 rings (SSSR count). The van der Waals surface area contributed by atoms with Crippen LogP contribution in [0.1, 0.15) is 21.5 Å². The van der Waals surface area contributed by atoms with Gasteiger partial charge >= 0.3 is 0 Å². The van der Waals surface area contributed by atoms with Crippen molar-refractivity contribution in [3.8, 4) is 0 Å². The van der Waals surface area contributed by atoms with Crippen LogP contribution in [0.25, 0.3) is 0 Å². The molecule has 3 aromatic rings. The molecular weight excluding hydrogens is 394 g/mol. The molecule has 1 amide bonds. The molecule has 0 atom stereocenters. The van der Waals surface area contributed by atoms with E-state index in [-0.39, 0.29) is 5.91 Å². The van der Waals surface area contributed by atoms with Gasteiger partial charge in [-0.3, -0.25) is 14.6 Å². The molecule has 0 radical (unpaired) electrons. The molecule has 0 saturated carbocycles. The summed E-state index contributed by atoms with van der Waals surface area (Å²) in [4.78, 5) is 17.4. The van der Waals surface area contributed by atoms with Gasteiger partial charge in [-0.1, -0.05) is 66.2 Å². The summed E-state index contributed by atoms with van der Waals surface area (Å²) in [6, 6.07) is 25.8. The highest BCUT2D eigenvalue weighted by atomic mass is 35.5. The van der Waals surface area contributed by atoms with Gasteiger partial charge in [-0.2, -0.15) is 0 Å². The first kappa shape index (κ1) is 20.6. The van der Waals surface area contributed by atoms with Crippen molar-refractivity contribution in [1.82, 2.24) is 9.80 Å². The van der Waals surface area contributed by atoms with Crippen molar-refractivity contribution in [3.63, 3.8) is 0 Å². The second kappa shape index (κ2) is 9.90. The van der Waals surface area contributed by atoms with E-state index in [9.17, 15) is 4.79 Å². The van der Waals surface area contributed by atoms with Crippen LogP contribution in [0.5, 0.6) is 0 Å². The van der Waals surface area contributed by atoms with Gasteiger partial charge in [0.15, 0.2) is 0 Å². The number of amides is 1. The van der Waals surface area contributed by atoms with Gasteiger partial charge in [0, 0.05) is 45.0 Å². The zero-order valence-electron chi connectivity index (χ0n) is 16.9. The standard InChI is InChI=1S/C25H26ClN3O/c26-24-9-5-4-8-23(24)25(30)27-22-12-10-21(11-13-22)19-29-16-14-28(15-17-29)18-20-6-2-1-3-7-20/h1-13H,14-19H2,(H,27,30). The highest BCUT2D eigenvalue weighted by Crippen LogP contribution is 2.18. The highest BCUT2D eigenvalue weighted by Gasteiger charge is 2.17. The van der Waals surface area contributed by atoms with Crippen LogP contribution < -0.4 is 5.32 Å². The first-order valence-corrected chi connectivity index (χ1v) is 10.7. The SMILES string of the molecule is O=C(Nc1ccc(CN2CCN(Cc3ccccc3)CC2)cc1)c1ccccc1Cl. The summed E-state index contributed by atoms with van der Waals surface area (Å²) < 4.78 is 0. The molecule has 0 spiro atoms. The van der Waals surface area contributed by atoms with Crippen LogP contribution in [0.4, 0.5) is 5.69 Å². The Morgan fingerprint density at radius 2 is 1.27 bits per heavy atom. The normalized spacial score (nSPS) is 15.1. The van der Waals surface area contributed by atoms with Gasteiger partial charge in [-0.15, -0.1) is 0 Å². The molecule has 3 aromatic carbocycles. The number of rotatable bonds is 6. The Bertz CT molecular complexity index is 967. The number of hydrogen-bond acceptors (Lipinski definition) is 3. The third-order valence-corrected chi connectivity index (χ3v) is 5.78. The van der Waals surface area contributed by atoms with Crippen LogP contribution in [0.15, 0.2) is 78.9 Å². The maximum absolute atomic E-state index is 12.4. The fourth-order valence-electron chi connectivity index (χ4n) is 3.74. The monoisotopic (exact) mass is 419 g/mol. The molecule has 1 fully saturated rings. The average molecular weight is 420 g/mol. The van der Waals surface area contributed by atoms with Crippen molar-refractivity contribution in [1.29, 1.82) is 0 Å². The van der Waals surface area contributed by atoms with Gasteiger partial charge in [0.1, 0.15) is 0 Å². The van der Waals surface area contributed by atoms with E-state index in [0.717, 1.165) is 45.0 Å². The first-order chi connectivity index (χ1) is 14.7. The molecule has 154 valence electrons. The molecule has 1 aliphatic rings. The average Bonchev–Trinajstić information content (AvgIpc) is 2.77. The number of carbonyl (C=O) groups is 1. The van der Waals surface area contributed by atoms with E-state index >= 15 is 0 Å². The van der Waals surface area contributed by atoms with Crippen LogP contribution in [-0.2, 0) is 13.1 Å². The van der Waals surface area contributed by atoms with Gasteiger partial charge in [-0.25, -0.2) is 0 Å². The second-order valence-electron chi connectivity index (χ2n) is 7.67. The second-order valence-corrected chi connectivity index (χ2v) is 8.08. The van der Waals surface area contributed by atoms with Gasteiger partial charge in [-0.05, 0) is 35.4 Å². The van der Waals surface area contributed by atoms with Gasteiger partial charge in [0.25, 0.3) is 5.91 Å². The number of hydrogen-bond donors (Lipinski definition) is 1. The fourth-order valence-corrected chi connectivity index (χ4v) is 3.96. The maximum Gasteiger partial charge on any atom is 0.257 e. The van der Waals surface area contributed by atoms with Gasteiger partial charge in [0.2, 0.25) is 0 Å². The summed E-state index contributed by atoms with van der Waals surface area (Å²) in [5, 5.41) is 3.37.